The Kier molecular flexibility index (Phi) is 4.89. The van der Waals surface area contributed by atoms with Gasteiger partial charge in [-0.3, -0.25) is 9.69 Å². The van der Waals surface area contributed by atoms with Gasteiger partial charge in [0.25, 0.3) is 0 Å². The summed E-state index contributed by atoms with van der Waals surface area (Å²) >= 11 is 0. The molecule has 0 aliphatic carbocycles. The average molecular weight is 469 g/mol. The molecule has 4 N–H and O–H groups in total. The molecule has 6 rings (SSSR count). The van der Waals surface area contributed by atoms with Crippen molar-refractivity contribution in [1.29, 1.82) is 5.41 Å². The highest BCUT2D eigenvalue weighted by Gasteiger charge is 2.37. The fraction of sp³-hybridized carbons (Fsp3) is 0.200. The summed E-state index contributed by atoms with van der Waals surface area (Å²) in [5.74, 6) is 1.32. The lowest BCUT2D eigenvalue weighted by molar-refractivity contribution is -0.122. The zero-order valence-electron chi connectivity index (χ0n) is 19.1. The number of aromatic nitrogens is 3. The quantitative estimate of drug-likeness (QED) is 0.311. The number of nitrogens with one attached hydrogen (secondary N) is 2. The second-order valence-corrected chi connectivity index (χ2v) is 8.85. The number of imidazole rings is 1. The molecule has 0 radical (unpaired) electrons. The first kappa shape index (κ1) is 21.1. The van der Waals surface area contributed by atoms with Crippen LogP contribution in [0.2, 0.25) is 0 Å². The highest BCUT2D eigenvalue weighted by molar-refractivity contribution is 5.98. The zero-order valence-corrected chi connectivity index (χ0v) is 19.1. The number of carbonyl (C=O) groups excluding carboxylic acids is 1. The molecule has 4 aromatic rings. The Morgan fingerprint density at radius 3 is 2.97 bits per heavy atom. The first-order chi connectivity index (χ1) is 17.0. The number of anilines is 4. The minimum absolute atomic E-state index is 0.0157. The molecule has 2 aromatic heterocycles. The van der Waals surface area contributed by atoms with Crippen LogP contribution in [0, 0.1) is 5.41 Å². The second-order valence-electron chi connectivity index (χ2n) is 8.85. The molecular formula is C25H24N8O2. The Bertz CT molecular complexity index is 1480. The van der Waals surface area contributed by atoms with Gasteiger partial charge in [-0.15, -0.1) is 0 Å². The third-order valence-corrected chi connectivity index (χ3v) is 6.39. The predicted octanol–water partition coefficient (Wildman–Crippen LogP) is 2.76. The first-order valence-corrected chi connectivity index (χ1v) is 11.3. The van der Waals surface area contributed by atoms with Crippen molar-refractivity contribution in [2.45, 2.75) is 6.04 Å². The minimum Gasteiger partial charge on any atom is -0.489 e. The van der Waals surface area contributed by atoms with Gasteiger partial charge in [0.1, 0.15) is 12.4 Å². The van der Waals surface area contributed by atoms with Crippen molar-refractivity contribution in [3.63, 3.8) is 0 Å². The topological polar surface area (TPSA) is 125 Å². The Labute approximate surface area is 201 Å². The Morgan fingerprint density at radius 2 is 2.14 bits per heavy atom. The van der Waals surface area contributed by atoms with Gasteiger partial charge in [0.2, 0.25) is 5.91 Å². The lowest BCUT2D eigenvalue weighted by Gasteiger charge is -2.43. The van der Waals surface area contributed by atoms with E-state index in [1.54, 1.807) is 12.3 Å². The summed E-state index contributed by atoms with van der Waals surface area (Å²) in [5.41, 5.74) is 11.1. The number of likely N-dealkylation sites (N-methyl/N-ethyl adjacent to an activating group) is 1. The highest BCUT2D eigenvalue weighted by atomic mass is 16.5. The highest BCUT2D eigenvalue weighted by Crippen LogP contribution is 2.38. The molecule has 1 unspecified atom stereocenters. The third-order valence-electron chi connectivity index (χ3n) is 6.39. The van der Waals surface area contributed by atoms with Crippen LogP contribution in [0.5, 0.6) is 5.75 Å². The van der Waals surface area contributed by atoms with Gasteiger partial charge in [0, 0.05) is 59.9 Å². The molecule has 0 bridgehead atoms. The Balaban J connectivity index is 1.35. The van der Waals surface area contributed by atoms with Gasteiger partial charge in [-0.05, 0) is 25.2 Å². The molecular weight excluding hydrogens is 444 g/mol. The number of hydrogen-bond acceptors (Lipinski definition) is 8. The number of hydrogen-bond donors (Lipinski definition) is 3. The SMILES string of the molecule is CN1CC(=O)N2c3ccc(Nc4nc(-c5ccc(C=N)c(N)c5)cn5ccnc45)cc3OCC2C1. The van der Waals surface area contributed by atoms with Crippen LogP contribution in [0.4, 0.5) is 22.9 Å². The molecule has 4 heterocycles. The van der Waals surface area contributed by atoms with Crippen molar-refractivity contribution < 1.29 is 9.53 Å². The lowest BCUT2D eigenvalue weighted by Crippen LogP contribution is -2.59. The number of piperazine rings is 1. The van der Waals surface area contributed by atoms with Crippen molar-refractivity contribution in [3.05, 3.63) is 60.6 Å². The van der Waals surface area contributed by atoms with Crippen molar-refractivity contribution in [2.75, 3.05) is 42.7 Å². The van der Waals surface area contributed by atoms with Crippen molar-refractivity contribution in [1.82, 2.24) is 19.3 Å². The van der Waals surface area contributed by atoms with Crippen LogP contribution in [-0.2, 0) is 4.79 Å². The molecule has 0 spiro atoms. The van der Waals surface area contributed by atoms with Gasteiger partial charge in [-0.25, -0.2) is 9.97 Å². The van der Waals surface area contributed by atoms with Crippen molar-refractivity contribution >= 4 is 40.6 Å². The van der Waals surface area contributed by atoms with Crippen molar-refractivity contribution in [3.8, 4) is 17.0 Å². The summed E-state index contributed by atoms with van der Waals surface area (Å²) in [6, 6.07) is 11.2. The van der Waals surface area contributed by atoms with Crippen LogP contribution >= 0.6 is 0 Å². The lowest BCUT2D eigenvalue weighted by atomic mass is 10.1. The van der Waals surface area contributed by atoms with Gasteiger partial charge in [0.15, 0.2) is 11.5 Å². The summed E-state index contributed by atoms with van der Waals surface area (Å²) in [5, 5.41) is 10.8. The summed E-state index contributed by atoms with van der Waals surface area (Å²) in [6.07, 6.45) is 6.69. The molecule has 1 atom stereocenters. The molecule has 1 fully saturated rings. The number of rotatable bonds is 4. The van der Waals surface area contributed by atoms with Gasteiger partial charge in [-0.1, -0.05) is 12.1 Å². The van der Waals surface area contributed by atoms with Crippen LogP contribution in [0.1, 0.15) is 5.56 Å². The van der Waals surface area contributed by atoms with Gasteiger partial charge < -0.3 is 30.5 Å². The fourth-order valence-electron chi connectivity index (χ4n) is 4.72. The van der Waals surface area contributed by atoms with E-state index >= 15 is 0 Å². The molecule has 2 aliphatic rings. The monoisotopic (exact) mass is 468 g/mol. The predicted molar refractivity (Wildman–Crippen MR) is 135 cm³/mol. The van der Waals surface area contributed by atoms with E-state index in [0.29, 0.717) is 47.3 Å². The number of nitrogen functional groups attached to an aromatic ring is 1. The van der Waals surface area contributed by atoms with Crippen LogP contribution in [-0.4, -0.2) is 64.2 Å². The maximum atomic E-state index is 12.7. The Hall–Kier alpha value is -4.44. The Morgan fingerprint density at radius 1 is 1.26 bits per heavy atom. The van der Waals surface area contributed by atoms with E-state index in [2.05, 4.69) is 10.3 Å². The minimum atomic E-state index is 0.0157. The normalized spacial score (nSPS) is 17.6. The average Bonchev–Trinajstić information content (AvgIpc) is 3.32. The summed E-state index contributed by atoms with van der Waals surface area (Å²) in [7, 11) is 1.95. The maximum absolute atomic E-state index is 12.7. The molecule has 10 nitrogen and oxygen atoms in total. The largest absolute Gasteiger partial charge is 0.489 e. The fourth-order valence-corrected chi connectivity index (χ4v) is 4.72. The van der Waals surface area contributed by atoms with E-state index < -0.39 is 0 Å². The summed E-state index contributed by atoms with van der Waals surface area (Å²) < 4.78 is 7.93. The number of amides is 1. The van der Waals surface area contributed by atoms with Crippen molar-refractivity contribution in [2.24, 2.45) is 0 Å². The van der Waals surface area contributed by atoms with Crippen LogP contribution in [0.15, 0.2) is 55.0 Å². The van der Waals surface area contributed by atoms with Crippen LogP contribution in [0.3, 0.4) is 0 Å². The number of ether oxygens (including phenoxy) is 1. The molecule has 0 saturated carbocycles. The number of benzene rings is 2. The molecule has 10 heteroatoms. The smallest absolute Gasteiger partial charge is 0.241 e. The number of fused-ring (bicyclic) bond motifs is 4. The van der Waals surface area contributed by atoms with Gasteiger partial charge >= 0.3 is 0 Å². The van der Waals surface area contributed by atoms with Crippen LogP contribution < -0.4 is 20.7 Å². The van der Waals surface area contributed by atoms with Gasteiger partial charge in [-0.2, -0.15) is 0 Å². The van der Waals surface area contributed by atoms with Gasteiger partial charge in [0.05, 0.1) is 24.0 Å². The van der Waals surface area contributed by atoms with E-state index in [0.717, 1.165) is 23.5 Å². The molecule has 2 aliphatic heterocycles. The van der Waals surface area contributed by atoms with E-state index in [9.17, 15) is 4.79 Å². The molecule has 35 heavy (non-hydrogen) atoms. The standard InChI is InChI=1S/C25H24N8O2/c1-31-11-18-14-35-22-9-17(4-5-21(22)33(18)23(34)13-31)29-24-25-28-6-7-32(25)12-20(30-24)15-2-3-16(10-26)19(27)8-15/h2-10,12,18,26H,11,13-14,27H2,1H3,(H,29,30). The molecule has 176 valence electrons. The number of nitrogens with two attached hydrogens (primary N) is 1. The number of nitrogens with zero attached hydrogens (tertiary/aromatic N) is 5. The maximum Gasteiger partial charge on any atom is 0.241 e. The third kappa shape index (κ3) is 3.64. The first-order valence-electron chi connectivity index (χ1n) is 11.3. The van der Waals surface area contributed by atoms with Crippen LogP contribution in [0.25, 0.3) is 16.9 Å². The molecule has 1 amide bonds. The van der Waals surface area contributed by atoms with E-state index in [4.69, 9.17) is 20.9 Å². The summed E-state index contributed by atoms with van der Waals surface area (Å²) in [6.45, 7) is 1.64. The second kappa shape index (κ2) is 8.10. The van der Waals surface area contributed by atoms with E-state index in [-0.39, 0.29) is 11.9 Å². The van der Waals surface area contributed by atoms with E-state index in [1.165, 1.54) is 6.21 Å². The zero-order chi connectivity index (χ0) is 24.1. The molecule has 1 saturated heterocycles. The number of carbonyl (C=O) groups is 1. The summed E-state index contributed by atoms with van der Waals surface area (Å²) in [4.78, 5) is 25.8. The molecule has 2 aromatic carbocycles. The van der Waals surface area contributed by atoms with E-state index in [1.807, 2.05) is 64.0 Å².